The average molecular weight is 233 g/mol. The average Bonchev–Trinajstić information content (AvgIpc) is 2.27. The first-order valence-corrected chi connectivity index (χ1v) is 4.95. The molecular weight excluding hydrogens is 222 g/mol. The Morgan fingerprint density at radius 1 is 1.24 bits per heavy atom. The molecule has 0 bridgehead atoms. The van der Waals surface area contributed by atoms with Crippen LogP contribution in [0.4, 0.5) is 0 Å². The number of carboxylic acids is 2. The molecule has 88 valence electrons. The van der Waals surface area contributed by atoms with Crippen molar-refractivity contribution in [2.75, 3.05) is 0 Å². The molecule has 0 heterocycles. The fourth-order valence-corrected chi connectivity index (χ4v) is 1.48. The number of benzene rings is 1. The van der Waals surface area contributed by atoms with E-state index in [-0.39, 0.29) is 6.42 Å². The van der Waals surface area contributed by atoms with Gasteiger partial charge in [0.2, 0.25) is 0 Å². The maximum Gasteiger partial charge on any atom is 0.311 e. The van der Waals surface area contributed by atoms with E-state index in [0.717, 1.165) is 5.56 Å². The molecule has 2 N–H and O–H groups in total. The summed E-state index contributed by atoms with van der Waals surface area (Å²) in [4.78, 5) is 21.5. The number of rotatable bonds is 5. The molecule has 0 aliphatic rings. The first-order chi connectivity index (χ1) is 8.04. The van der Waals surface area contributed by atoms with E-state index in [0.29, 0.717) is 5.56 Å². The maximum absolute atomic E-state index is 10.9. The standard InChI is InChI=1S/C12H11NO4/c13-6-5-8-1-3-9(4-2-8)10(12(16)17)7-11(14)15/h1-4,10H,5,7H2,(H,14,15)(H,16,17)/t10-/m0/s1. The van der Waals surface area contributed by atoms with Gasteiger partial charge in [-0.3, -0.25) is 9.59 Å². The van der Waals surface area contributed by atoms with Crippen LogP contribution < -0.4 is 0 Å². The maximum atomic E-state index is 10.9. The number of nitriles is 1. The van der Waals surface area contributed by atoms with Gasteiger partial charge in [-0.15, -0.1) is 0 Å². The third-order valence-corrected chi connectivity index (χ3v) is 2.34. The second-order valence-electron chi connectivity index (χ2n) is 3.57. The molecular formula is C12H11NO4. The number of carbonyl (C=O) groups is 2. The second-order valence-corrected chi connectivity index (χ2v) is 3.57. The van der Waals surface area contributed by atoms with Crippen molar-refractivity contribution >= 4 is 11.9 Å². The summed E-state index contributed by atoms with van der Waals surface area (Å²) in [5.74, 6) is -3.37. The van der Waals surface area contributed by atoms with Gasteiger partial charge < -0.3 is 10.2 Å². The van der Waals surface area contributed by atoms with Gasteiger partial charge in [0.25, 0.3) is 0 Å². The summed E-state index contributed by atoms with van der Waals surface area (Å²) < 4.78 is 0. The molecule has 0 spiro atoms. The zero-order chi connectivity index (χ0) is 12.8. The van der Waals surface area contributed by atoms with Crippen LogP contribution in [0.3, 0.4) is 0 Å². The lowest BCUT2D eigenvalue weighted by Gasteiger charge is -2.10. The molecule has 0 saturated heterocycles. The molecule has 0 aromatic heterocycles. The van der Waals surface area contributed by atoms with E-state index in [1.54, 1.807) is 24.3 Å². The zero-order valence-electron chi connectivity index (χ0n) is 8.96. The van der Waals surface area contributed by atoms with Crippen LogP contribution in [0.15, 0.2) is 24.3 Å². The topological polar surface area (TPSA) is 98.4 Å². The molecule has 0 amide bonds. The number of hydrogen-bond donors (Lipinski definition) is 2. The molecule has 0 radical (unpaired) electrons. The van der Waals surface area contributed by atoms with Gasteiger partial charge in [-0.05, 0) is 11.1 Å². The predicted octanol–water partition coefficient (Wildman–Crippen LogP) is 1.40. The monoisotopic (exact) mass is 233 g/mol. The predicted molar refractivity (Wildman–Crippen MR) is 58.4 cm³/mol. The normalized spacial score (nSPS) is 11.5. The van der Waals surface area contributed by atoms with Crippen molar-refractivity contribution in [3.05, 3.63) is 35.4 Å². The molecule has 1 atom stereocenters. The molecule has 1 aromatic rings. The summed E-state index contributed by atoms with van der Waals surface area (Å²) in [6.45, 7) is 0. The molecule has 5 nitrogen and oxygen atoms in total. The highest BCUT2D eigenvalue weighted by molar-refractivity contribution is 5.82. The summed E-state index contributed by atoms with van der Waals surface area (Å²) in [5.41, 5.74) is 1.21. The fraction of sp³-hybridized carbons (Fsp3) is 0.250. The van der Waals surface area contributed by atoms with E-state index in [9.17, 15) is 9.59 Å². The molecule has 1 aromatic carbocycles. The Balaban J connectivity index is 2.92. The van der Waals surface area contributed by atoms with Gasteiger partial charge in [-0.25, -0.2) is 0 Å². The van der Waals surface area contributed by atoms with Gasteiger partial charge in [-0.1, -0.05) is 24.3 Å². The highest BCUT2D eigenvalue weighted by atomic mass is 16.4. The van der Waals surface area contributed by atoms with Crippen molar-refractivity contribution < 1.29 is 19.8 Å². The van der Waals surface area contributed by atoms with E-state index >= 15 is 0 Å². The quantitative estimate of drug-likeness (QED) is 0.800. The van der Waals surface area contributed by atoms with Crippen molar-refractivity contribution in [3.63, 3.8) is 0 Å². The van der Waals surface area contributed by atoms with E-state index < -0.39 is 24.3 Å². The summed E-state index contributed by atoms with van der Waals surface area (Å²) >= 11 is 0. The van der Waals surface area contributed by atoms with Gasteiger partial charge in [0.05, 0.1) is 24.8 Å². The summed E-state index contributed by atoms with van der Waals surface area (Å²) in [6, 6.07) is 8.35. The number of aliphatic carboxylic acids is 2. The summed E-state index contributed by atoms with van der Waals surface area (Å²) in [5, 5.41) is 26.0. The molecule has 0 fully saturated rings. The Labute approximate surface area is 97.9 Å². The molecule has 0 aliphatic carbocycles. The Kier molecular flexibility index (Phi) is 4.23. The molecule has 0 unspecified atom stereocenters. The third-order valence-electron chi connectivity index (χ3n) is 2.34. The SMILES string of the molecule is N#CCc1ccc([C@H](CC(=O)O)C(=O)O)cc1. The largest absolute Gasteiger partial charge is 0.481 e. The van der Waals surface area contributed by atoms with Crippen LogP contribution in [0.2, 0.25) is 0 Å². The first-order valence-electron chi connectivity index (χ1n) is 4.95. The fourth-order valence-electron chi connectivity index (χ4n) is 1.48. The summed E-state index contributed by atoms with van der Waals surface area (Å²) in [7, 11) is 0. The Morgan fingerprint density at radius 3 is 2.24 bits per heavy atom. The molecule has 17 heavy (non-hydrogen) atoms. The van der Waals surface area contributed by atoms with Crippen LogP contribution in [-0.2, 0) is 16.0 Å². The van der Waals surface area contributed by atoms with E-state index in [1.165, 1.54) is 0 Å². The first kappa shape index (κ1) is 12.7. The van der Waals surface area contributed by atoms with Crippen molar-refractivity contribution in [2.45, 2.75) is 18.8 Å². The van der Waals surface area contributed by atoms with Crippen molar-refractivity contribution in [3.8, 4) is 6.07 Å². The van der Waals surface area contributed by atoms with Crippen molar-refractivity contribution in [1.29, 1.82) is 5.26 Å². The number of carboxylic acid groups (broad SMARTS) is 2. The second kappa shape index (κ2) is 5.66. The van der Waals surface area contributed by atoms with Crippen molar-refractivity contribution in [2.24, 2.45) is 0 Å². The third kappa shape index (κ3) is 3.61. The molecule has 5 heteroatoms. The number of nitrogens with zero attached hydrogens (tertiary/aromatic N) is 1. The Hall–Kier alpha value is -2.35. The minimum atomic E-state index is -1.17. The van der Waals surface area contributed by atoms with E-state index in [1.807, 2.05) is 6.07 Å². The summed E-state index contributed by atoms with van der Waals surface area (Å²) in [6.07, 6.45) is -0.204. The van der Waals surface area contributed by atoms with Crippen LogP contribution in [0.1, 0.15) is 23.5 Å². The highest BCUT2D eigenvalue weighted by Gasteiger charge is 2.22. The lowest BCUT2D eigenvalue weighted by atomic mass is 9.95. The van der Waals surface area contributed by atoms with Crippen LogP contribution >= 0.6 is 0 Å². The lowest BCUT2D eigenvalue weighted by molar-refractivity contribution is -0.145. The van der Waals surface area contributed by atoms with Gasteiger partial charge in [0.15, 0.2) is 0 Å². The van der Waals surface area contributed by atoms with Gasteiger partial charge >= 0.3 is 11.9 Å². The van der Waals surface area contributed by atoms with Gasteiger partial charge in [0.1, 0.15) is 0 Å². The Bertz CT molecular complexity index is 458. The number of hydrogen-bond acceptors (Lipinski definition) is 3. The van der Waals surface area contributed by atoms with Crippen LogP contribution in [0.25, 0.3) is 0 Å². The lowest BCUT2D eigenvalue weighted by Crippen LogP contribution is -2.15. The van der Waals surface area contributed by atoms with Crippen LogP contribution in [-0.4, -0.2) is 22.2 Å². The zero-order valence-corrected chi connectivity index (χ0v) is 8.96. The minimum absolute atomic E-state index is 0.247. The van der Waals surface area contributed by atoms with Crippen LogP contribution in [0, 0.1) is 11.3 Å². The molecule has 1 rings (SSSR count). The van der Waals surface area contributed by atoms with E-state index in [4.69, 9.17) is 15.5 Å². The Morgan fingerprint density at radius 2 is 1.82 bits per heavy atom. The van der Waals surface area contributed by atoms with E-state index in [2.05, 4.69) is 0 Å². The molecule has 0 aliphatic heterocycles. The smallest absolute Gasteiger partial charge is 0.311 e. The van der Waals surface area contributed by atoms with Gasteiger partial charge in [0, 0.05) is 0 Å². The van der Waals surface area contributed by atoms with Crippen LogP contribution in [0.5, 0.6) is 0 Å². The highest BCUT2D eigenvalue weighted by Crippen LogP contribution is 2.20. The van der Waals surface area contributed by atoms with Crippen molar-refractivity contribution in [1.82, 2.24) is 0 Å². The van der Waals surface area contributed by atoms with Gasteiger partial charge in [-0.2, -0.15) is 5.26 Å². The molecule has 0 saturated carbocycles. The minimum Gasteiger partial charge on any atom is -0.481 e.